The van der Waals surface area contributed by atoms with Crippen molar-refractivity contribution in [2.24, 2.45) is 0 Å². The van der Waals surface area contributed by atoms with Crippen LogP contribution in [0.25, 0.3) is 0 Å². The average Bonchev–Trinajstić information content (AvgIpc) is 3.10. The fourth-order valence-electron chi connectivity index (χ4n) is 1.90. The summed E-state index contributed by atoms with van der Waals surface area (Å²) < 4.78 is 9.92. The average molecular weight is 333 g/mol. The number of nitro groups is 1. The first-order valence-electron chi connectivity index (χ1n) is 6.91. The highest BCUT2D eigenvalue weighted by Crippen LogP contribution is 2.27. The van der Waals surface area contributed by atoms with E-state index < -0.39 is 16.7 Å². The molecular formula is C15H15N3O6. The molecule has 0 spiro atoms. The summed E-state index contributed by atoms with van der Waals surface area (Å²) in [5, 5.41) is 15.9. The van der Waals surface area contributed by atoms with Crippen molar-refractivity contribution in [1.29, 1.82) is 0 Å². The van der Waals surface area contributed by atoms with E-state index >= 15 is 0 Å². The summed E-state index contributed by atoms with van der Waals surface area (Å²) in [7, 11) is 1.30. The van der Waals surface area contributed by atoms with Crippen LogP contribution in [0.3, 0.4) is 0 Å². The van der Waals surface area contributed by atoms with E-state index in [2.05, 4.69) is 10.6 Å². The molecule has 1 heterocycles. The summed E-state index contributed by atoms with van der Waals surface area (Å²) in [4.78, 5) is 33.9. The minimum Gasteiger partial charge on any atom is -0.490 e. The van der Waals surface area contributed by atoms with E-state index in [9.17, 15) is 19.7 Å². The van der Waals surface area contributed by atoms with Crippen molar-refractivity contribution in [3.63, 3.8) is 0 Å². The second-order valence-corrected chi connectivity index (χ2v) is 4.68. The Kier molecular flexibility index (Phi) is 5.50. The van der Waals surface area contributed by atoms with Gasteiger partial charge in [-0.15, -0.1) is 0 Å². The van der Waals surface area contributed by atoms with Gasteiger partial charge in [-0.25, -0.2) is 0 Å². The third-order valence-electron chi connectivity index (χ3n) is 3.09. The monoisotopic (exact) mass is 333 g/mol. The molecule has 2 aromatic rings. The summed E-state index contributed by atoms with van der Waals surface area (Å²) in [6.07, 6.45) is 1.49. The van der Waals surface area contributed by atoms with Crippen LogP contribution in [-0.2, 0) is 11.3 Å². The van der Waals surface area contributed by atoms with E-state index in [0.717, 1.165) is 6.07 Å². The molecule has 2 N–H and O–H groups in total. The van der Waals surface area contributed by atoms with Crippen LogP contribution in [0, 0.1) is 10.1 Å². The van der Waals surface area contributed by atoms with E-state index in [1.54, 1.807) is 12.1 Å². The number of carbonyl (C=O) groups is 2. The van der Waals surface area contributed by atoms with E-state index in [-0.39, 0.29) is 30.1 Å². The first-order valence-corrected chi connectivity index (χ1v) is 6.91. The van der Waals surface area contributed by atoms with Crippen LogP contribution >= 0.6 is 0 Å². The Hall–Kier alpha value is -3.36. The Labute approximate surface area is 136 Å². The topological polar surface area (TPSA) is 124 Å². The van der Waals surface area contributed by atoms with Gasteiger partial charge in [0, 0.05) is 11.6 Å². The smallest absolute Gasteiger partial charge is 0.311 e. The molecule has 0 saturated carbocycles. The van der Waals surface area contributed by atoms with Crippen LogP contribution in [0.15, 0.2) is 41.0 Å². The van der Waals surface area contributed by atoms with E-state index in [1.807, 2.05) is 0 Å². The molecule has 24 heavy (non-hydrogen) atoms. The second kappa shape index (κ2) is 7.77. The van der Waals surface area contributed by atoms with Gasteiger partial charge in [0.2, 0.25) is 5.91 Å². The number of nitrogens with zero attached hydrogens (tertiary/aromatic N) is 1. The molecular weight excluding hydrogens is 318 g/mol. The minimum atomic E-state index is -0.647. The number of methoxy groups -OCH3 is 1. The number of benzene rings is 1. The number of carbonyl (C=O) groups excluding carboxylic acids is 2. The van der Waals surface area contributed by atoms with E-state index in [0.29, 0.717) is 5.76 Å². The molecule has 0 aliphatic carbocycles. The zero-order chi connectivity index (χ0) is 17.5. The lowest BCUT2D eigenvalue weighted by Gasteiger charge is -2.07. The SMILES string of the molecule is COc1ccc(C(=O)NCC(=O)NCc2ccco2)cc1[N+](=O)[O-]. The van der Waals surface area contributed by atoms with Crippen molar-refractivity contribution >= 4 is 17.5 Å². The number of furan rings is 1. The van der Waals surface area contributed by atoms with E-state index in [1.165, 1.54) is 25.5 Å². The Bertz CT molecular complexity index is 742. The Morgan fingerprint density at radius 1 is 1.29 bits per heavy atom. The van der Waals surface area contributed by atoms with Crippen molar-refractivity contribution < 1.29 is 23.7 Å². The number of rotatable bonds is 7. The first kappa shape index (κ1) is 17.0. The van der Waals surface area contributed by atoms with Gasteiger partial charge in [0.25, 0.3) is 5.91 Å². The van der Waals surface area contributed by atoms with Crippen LogP contribution in [0.1, 0.15) is 16.1 Å². The molecule has 2 amide bonds. The molecule has 9 nitrogen and oxygen atoms in total. The molecule has 126 valence electrons. The maximum atomic E-state index is 12.0. The van der Waals surface area contributed by atoms with Crippen molar-refractivity contribution in [1.82, 2.24) is 10.6 Å². The molecule has 0 aliphatic rings. The zero-order valence-electron chi connectivity index (χ0n) is 12.8. The molecule has 0 aliphatic heterocycles. The second-order valence-electron chi connectivity index (χ2n) is 4.68. The maximum absolute atomic E-state index is 12.0. The lowest BCUT2D eigenvalue weighted by Crippen LogP contribution is -2.36. The van der Waals surface area contributed by atoms with Gasteiger partial charge in [-0.3, -0.25) is 19.7 Å². The Morgan fingerprint density at radius 3 is 2.71 bits per heavy atom. The molecule has 0 atom stereocenters. The third-order valence-corrected chi connectivity index (χ3v) is 3.09. The summed E-state index contributed by atoms with van der Waals surface area (Å²) in [6.45, 7) is -0.0604. The highest BCUT2D eigenvalue weighted by Gasteiger charge is 2.18. The molecule has 0 saturated heterocycles. The van der Waals surface area contributed by atoms with Crippen LogP contribution < -0.4 is 15.4 Å². The number of nitrogens with one attached hydrogen (secondary N) is 2. The zero-order valence-corrected chi connectivity index (χ0v) is 12.8. The van der Waals surface area contributed by atoms with Crippen molar-refractivity contribution in [2.45, 2.75) is 6.54 Å². The van der Waals surface area contributed by atoms with Gasteiger partial charge in [-0.05, 0) is 24.3 Å². The maximum Gasteiger partial charge on any atom is 0.311 e. The van der Waals surface area contributed by atoms with Gasteiger partial charge in [0.15, 0.2) is 5.75 Å². The van der Waals surface area contributed by atoms with E-state index in [4.69, 9.17) is 9.15 Å². The normalized spacial score (nSPS) is 10.0. The van der Waals surface area contributed by atoms with Crippen LogP contribution in [0.4, 0.5) is 5.69 Å². The van der Waals surface area contributed by atoms with Gasteiger partial charge >= 0.3 is 5.69 Å². The summed E-state index contributed by atoms with van der Waals surface area (Å²) in [6, 6.07) is 7.19. The molecule has 9 heteroatoms. The Balaban J connectivity index is 1.91. The minimum absolute atomic E-state index is 0.0488. The lowest BCUT2D eigenvalue weighted by atomic mass is 10.1. The molecule has 0 radical (unpaired) electrons. The van der Waals surface area contributed by atoms with Gasteiger partial charge in [0.1, 0.15) is 5.76 Å². The van der Waals surface area contributed by atoms with Gasteiger partial charge in [-0.2, -0.15) is 0 Å². The molecule has 0 fully saturated rings. The number of hydrogen-bond acceptors (Lipinski definition) is 6. The molecule has 2 rings (SSSR count). The molecule has 1 aromatic carbocycles. The van der Waals surface area contributed by atoms with Crippen LogP contribution in [-0.4, -0.2) is 30.4 Å². The number of amides is 2. The van der Waals surface area contributed by atoms with Crippen LogP contribution in [0.2, 0.25) is 0 Å². The Morgan fingerprint density at radius 2 is 2.08 bits per heavy atom. The highest BCUT2D eigenvalue weighted by atomic mass is 16.6. The highest BCUT2D eigenvalue weighted by molar-refractivity contribution is 5.97. The van der Waals surface area contributed by atoms with Gasteiger partial charge in [-0.1, -0.05) is 0 Å². The molecule has 0 bridgehead atoms. The van der Waals surface area contributed by atoms with Gasteiger partial charge in [0.05, 0.1) is 31.4 Å². The molecule has 0 unspecified atom stereocenters. The number of nitro benzene ring substituents is 1. The lowest BCUT2D eigenvalue weighted by molar-refractivity contribution is -0.385. The third kappa shape index (κ3) is 4.32. The van der Waals surface area contributed by atoms with Crippen molar-refractivity contribution in [3.8, 4) is 5.75 Å². The standard InChI is InChI=1S/C15H15N3O6/c1-23-13-5-4-10(7-12(13)18(21)22)15(20)17-9-14(19)16-8-11-3-2-6-24-11/h2-7H,8-9H2,1H3,(H,16,19)(H,17,20). The molecule has 1 aromatic heterocycles. The van der Waals surface area contributed by atoms with Crippen LogP contribution in [0.5, 0.6) is 5.75 Å². The first-order chi connectivity index (χ1) is 11.5. The number of ether oxygens (including phenoxy) is 1. The van der Waals surface area contributed by atoms with Crippen molar-refractivity contribution in [2.75, 3.05) is 13.7 Å². The van der Waals surface area contributed by atoms with Gasteiger partial charge < -0.3 is 19.8 Å². The largest absolute Gasteiger partial charge is 0.490 e. The summed E-state index contributed by atoms with van der Waals surface area (Å²) >= 11 is 0. The quantitative estimate of drug-likeness (QED) is 0.580. The predicted octanol–water partition coefficient (Wildman–Crippen LogP) is 1.24. The summed E-state index contributed by atoms with van der Waals surface area (Å²) in [5.41, 5.74) is -0.270. The fraction of sp³-hybridized carbons (Fsp3) is 0.200. The predicted molar refractivity (Wildman–Crippen MR) is 82.5 cm³/mol. The fourth-order valence-corrected chi connectivity index (χ4v) is 1.90. The van der Waals surface area contributed by atoms with Crippen molar-refractivity contribution in [3.05, 3.63) is 58.0 Å². The summed E-state index contributed by atoms with van der Waals surface area (Å²) in [5.74, 6) is -0.384. The number of hydrogen-bond donors (Lipinski definition) is 2.